The van der Waals surface area contributed by atoms with Gasteiger partial charge in [-0.3, -0.25) is 0 Å². The van der Waals surface area contributed by atoms with Crippen molar-refractivity contribution in [3.05, 3.63) is 21.3 Å². The maximum absolute atomic E-state index is 5.89. The minimum atomic E-state index is 0.258. The van der Waals surface area contributed by atoms with Gasteiger partial charge >= 0.3 is 0 Å². The van der Waals surface area contributed by atoms with Crippen LogP contribution in [0.2, 0.25) is 4.34 Å². The zero-order chi connectivity index (χ0) is 10.6. The van der Waals surface area contributed by atoms with E-state index in [4.69, 9.17) is 16.3 Å². The van der Waals surface area contributed by atoms with Crippen molar-refractivity contribution in [3.8, 4) is 0 Å². The van der Waals surface area contributed by atoms with E-state index in [0.29, 0.717) is 6.04 Å². The van der Waals surface area contributed by atoms with Gasteiger partial charge in [-0.1, -0.05) is 11.6 Å². The molecule has 14 heavy (non-hydrogen) atoms. The molecule has 1 rings (SSSR count). The van der Waals surface area contributed by atoms with Crippen molar-refractivity contribution in [3.63, 3.8) is 0 Å². The van der Waals surface area contributed by atoms with Gasteiger partial charge in [0, 0.05) is 18.0 Å². The van der Waals surface area contributed by atoms with Crippen LogP contribution in [0, 0.1) is 0 Å². The average Bonchev–Trinajstić information content (AvgIpc) is 2.60. The normalized spacial score (nSPS) is 15.4. The van der Waals surface area contributed by atoms with Gasteiger partial charge in [0.25, 0.3) is 0 Å². The van der Waals surface area contributed by atoms with Crippen molar-refractivity contribution in [1.29, 1.82) is 0 Å². The van der Waals surface area contributed by atoms with Crippen LogP contribution < -0.4 is 5.32 Å². The first-order valence-electron chi connectivity index (χ1n) is 4.62. The van der Waals surface area contributed by atoms with Gasteiger partial charge in [-0.25, -0.2) is 0 Å². The van der Waals surface area contributed by atoms with Crippen LogP contribution in [0.3, 0.4) is 0 Å². The molecular weight excluding hydrogens is 218 g/mol. The Morgan fingerprint density at radius 2 is 2.29 bits per heavy atom. The Morgan fingerprint density at radius 1 is 1.57 bits per heavy atom. The average molecular weight is 234 g/mol. The molecule has 2 atom stereocenters. The molecule has 1 aromatic rings. The summed E-state index contributed by atoms with van der Waals surface area (Å²) in [6.07, 6.45) is 1.22. The molecule has 0 radical (unpaired) electrons. The van der Waals surface area contributed by atoms with E-state index >= 15 is 0 Å². The Morgan fingerprint density at radius 3 is 2.71 bits per heavy atom. The van der Waals surface area contributed by atoms with Crippen molar-refractivity contribution in [1.82, 2.24) is 5.32 Å². The van der Waals surface area contributed by atoms with Crippen LogP contribution in [-0.2, 0) is 4.74 Å². The first-order valence-corrected chi connectivity index (χ1v) is 5.82. The predicted molar refractivity (Wildman–Crippen MR) is 62.2 cm³/mol. The molecule has 80 valence electrons. The summed E-state index contributed by atoms with van der Waals surface area (Å²) >= 11 is 7.51. The minimum Gasteiger partial charge on any atom is -0.382 e. The molecule has 0 saturated carbocycles. The van der Waals surface area contributed by atoms with Crippen LogP contribution in [-0.4, -0.2) is 20.3 Å². The van der Waals surface area contributed by atoms with Gasteiger partial charge in [-0.15, -0.1) is 11.3 Å². The maximum Gasteiger partial charge on any atom is 0.0931 e. The number of nitrogens with one attached hydrogen (secondary N) is 1. The Bertz CT molecular complexity index is 277. The second kappa shape index (κ2) is 5.71. The summed E-state index contributed by atoms with van der Waals surface area (Å²) in [7, 11) is 3.69. The van der Waals surface area contributed by atoms with E-state index in [2.05, 4.69) is 18.3 Å². The quantitative estimate of drug-likeness (QED) is 0.844. The van der Waals surface area contributed by atoms with Crippen molar-refractivity contribution < 1.29 is 4.74 Å². The SMILES string of the molecule is CNC(CC(C)OC)c1ccc(Cl)s1. The number of thiophene rings is 1. The third-order valence-electron chi connectivity index (χ3n) is 2.26. The Hall–Kier alpha value is -0.0900. The Labute approximate surface area is 94.2 Å². The minimum absolute atomic E-state index is 0.258. The molecule has 0 aliphatic heterocycles. The topological polar surface area (TPSA) is 21.3 Å². The molecule has 1 N–H and O–H groups in total. The van der Waals surface area contributed by atoms with Crippen molar-refractivity contribution in [2.24, 2.45) is 0 Å². The molecule has 0 amide bonds. The van der Waals surface area contributed by atoms with E-state index in [9.17, 15) is 0 Å². The molecule has 0 bridgehead atoms. The van der Waals surface area contributed by atoms with Crippen molar-refractivity contribution in [2.45, 2.75) is 25.5 Å². The molecule has 1 heterocycles. The summed E-state index contributed by atoms with van der Waals surface area (Å²) in [6.45, 7) is 2.07. The van der Waals surface area contributed by atoms with E-state index in [0.717, 1.165) is 10.8 Å². The molecule has 2 unspecified atom stereocenters. The van der Waals surface area contributed by atoms with Crippen molar-refractivity contribution in [2.75, 3.05) is 14.2 Å². The Kier molecular flexibility index (Phi) is 4.89. The standard InChI is InChI=1S/C10H16ClNOS/c1-7(13-3)6-8(12-2)9-4-5-10(11)14-9/h4-5,7-8,12H,6H2,1-3H3. The van der Waals surface area contributed by atoms with Gasteiger partial charge in [0.05, 0.1) is 10.4 Å². The van der Waals surface area contributed by atoms with Crippen LogP contribution in [0.25, 0.3) is 0 Å². The molecule has 0 fully saturated rings. The van der Waals surface area contributed by atoms with Gasteiger partial charge in [0.1, 0.15) is 0 Å². The van der Waals surface area contributed by atoms with Gasteiger partial charge in [-0.2, -0.15) is 0 Å². The fourth-order valence-electron chi connectivity index (χ4n) is 1.32. The fraction of sp³-hybridized carbons (Fsp3) is 0.600. The van der Waals surface area contributed by atoms with Gasteiger partial charge in [0.15, 0.2) is 0 Å². The first kappa shape index (κ1) is 12.0. The van der Waals surface area contributed by atoms with Crippen LogP contribution >= 0.6 is 22.9 Å². The summed E-state index contributed by atoms with van der Waals surface area (Å²) in [5, 5.41) is 3.27. The zero-order valence-corrected chi connectivity index (χ0v) is 10.3. The third-order valence-corrected chi connectivity index (χ3v) is 3.60. The molecule has 2 nitrogen and oxygen atoms in total. The summed E-state index contributed by atoms with van der Waals surface area (Å²) in [6, 6.07) is 4.34. The van der Waals surface area contributed by atoms with E-state index < -0.39 is 0 Å². The van der Waals surface area contributed by atoms with Gasteiger partial charge in [0.2, 0.25) is 0 Å². The summed E-state index contributed by atoms with van der Waals surface area (Å²) < 4.78 is 6.08. The number of halogens is 1. The smallest absolute Gasteiger partial charge is 0.0931 e. The third kappa shape index (κ3) is 3.24. The molecule has 0 aliphatic rings. The lowest BCUT2D eigenvalue weighted by Crippen LogP contribution is -2.21. The number of methoxy groups -OCH3 is 1. The van der Waals surface area contributed by atoms with Crippen LogP contribution in [0.15, 0.2) is 12.1 Å². The van der Waals surface area contributed by atoms with Gasteiger partial charge < -0.3 is 10.1 Å². The number of hydrogen-bond acceptors (Lipinski definition) is 3. The van der Waals surface area contributed by atoms with E-state index in [1.54, 1.807) is 18.4 Å². The number of ether oxygens (including phenoxy) is 1. The molecule has 0 aromatic carbocycles. The fourth-order valence-corrected chi connectivity index (χ4v) is 2.50. The van der Waals surface area contributed by atoms with E-state index in [1.165, 1.54) is 4.88 Å². The highest BCUT2D eigenvalue weighted by atomic mass is 35.5. The number of rotatable bonds is 5. The Balaban J connectivity index is 2.62. The predicted octanol–water partition coefficient (Wildman–Crippen LogP) is 3.09. The van der Waals surface area contributed by atoms with Gasteiger partial charge in [-0.05, 0) is 32.5 Å². The molecule has 1 aromatic heterocycles. The second-order valence-corrected chi connectivity index (χ2v) is 5.01. The molecule has 0 saturated heterocycles. The van der Waals surface area contributed by atoms with Crippen LogP contribution in [0.5, 0.6) is 0 Å². The molecule has 4 heteroatoms. The highest BCUT2D eigenvalue weighted by Crippen LogP contribution is 2.29. The summed E-state index contributed by atoms with van der Waals surface area (Å²) in [5.74, 6) is 0. The zero-order valence-electron chi connectivity index (χ0n) is 8.71. The highest BCUT2D eigenvalue weighted by molar-refractivity contribution is 7.16. The lowest BCUT2D eigenvalue weighted by Gasteiger charge is -2.18. The second-order valence-electron chi connectivity index (χ2n) is 3.27. The maximum atomic E-state index is 5.89. The monoisotopic (exact) mass is 233 g/mol. The van der Waals surface area contributed by atoms with E-state index in [1.807, 2.05) is 13.1 Å². The largest absolute Gasteiger partial charge is 0.382 e. The van der Waals surface area contributed by atoms with Crippen molar-refractivity contribution >= 4 is 22.9 Å². The molecule has 0 aliphatic carbocycles. The van der Waals surface area contributed by atoms with Crippen LogP contribution in [0.1, 0.15) is 24.3 Å². The first-order chi connectivity index (χ1) is 6.67. The molecular formula is C10H16ClNOS. The summed E-state index contributed by atoms with van der Waals surface area (Å²) in [5.41, 5.74) is 0. The van der Waals surface area contributed by atoms with E-state index in [-0.39, 0.29) is 6.10 Å². The molecule has 0 spiro atoms. The lowest BCUT2D eigenvalue weighted by atomic mass is 10.1. The highest BCUT2D eigenvalue weighted by Gasteiger charge is 2.14. The summed E-state index contributed by atoms with van der Waals surface area (Å²) in [4.78, 5) is 1.27. The van der Waals surface area contributed by atoms with Crippen LogP contribution in [0.4, 0.5) is 0 Å². The lowest BCUT2D eigenvalue weighted by molar-refractivity contribution is 0.102. The number of hydrogen-bond donors (Lipinski definition) is 1.